The minimum atomic E-state index is -0.752. The Morgan fingerprint density at radius 1 is 0.197 bits per heavy atom. The van der Waals surface area contributed by atoms with Crippen molar-refractivity contribution in [2.45, 2.75) is 119 Å². The summed E-state index contributed by atoms with van der Waals surface area (Å²) in [5.74, 6) is -3.04. The zero-order valence-corrected chi connectivity index (χ0v) is 75.3. The lowest BCUT2D eigenvalue weighted by Gasteiger charge is -2.15. The number of hydrogen-bond acceptors (Lipinski definition) is 18. The van der Waals surface area contributed by atoms with E-state index in [2.05, 4.69) is 72.8 Å². The first-order valence-electron chi connectivity index (χ1n) is 42.7. The molecular weight excluding hydrogens is 1630 g/mol. The number of methoxy groups -OCH3 is 3. The number of carbonyl (C=O) groups excluding carboxylic acids is 3. The van der Waals surface area contributed by atoms with Gasteiger partial charge in [0.1, 0.15) is 106 Å². The zero-order valence-electron chi connectivity index (χ0n) is 75.3. The lowest BCUT2D eigenvalue weighted by Crippen LogP contribution is -2.00. The average molecular weight is 1720 g/mol. The molecule has 0 bridgehead atoms. The maximum Gasteiger partial charge on any atom is 0.338 e. The van der Waals surface area contributed by atoms with Gasteiger partial charge in [-0.3, -0.25) is 0 Å². The van der Waals surface area contributed by atoms with E-state index in [1.807, 2.05) is 210 Å². The third-order valence-corrected chi connectivity index (χ3v) is 24.4. The van der Waals surface area contributed by atoms with Crippen molar-refractivity contribution in [3.8, 4) is 173 Å². The quantitative estimate of drug-likeness (QED) is 0.0279. The maximum absolute atomic E-state index is 14.3. The van der Waals surface area contributed by atoms with E-state index in [1.165, 1.54) is 39.5 Å². The normalized spacial score (nSPS) is 10.8. The number of benzene rings is 1. The molecule has 132 heavy (non-hydrogen) atoms. The third kappa shape index (κ3) is 16.7. The van der Waals surface area contributed by atoms with Gasteiger partial charge in [-0.15, -0.1) is 0 Å². The van der Waals surface area contributed by atoms with Gasteiger partial charge >= 0.3 is 17.9 Å². The monoisotopic (exact) mass is 1720 g/mol. The highest BCUT2D eigenvalue weighted by molar-refractivity contribution is 6.23. The molecular formula is C114H84N12O6. The number of esters is 3. The van der Waals surface area contributed by atoms with Crippen LogP contribution in [-0.2, 0) is 14.2 Å². The number of rotatable bonds is 21. The molecule has 0 N–H and O–H groups in total. The number of nitriles is 12. The van der Waals surface area contributed by atoms with E-state index in [0.717, 1.165) is 33.4 Å². The molecule has 0 atom stereocenters. The van der Waals surface area contributed by atoms with Crippen LogP contribution < -0.4 is 0 Å². The van der Waals surface area contributed by atoms with Crippen molar-refractivity contribution in [1.82, 2.24) is 0 Å². The number of ether oxygens (including phenoxy) is 3. The van der Waals surface area contributed by atoms with E-state index in [1.54, 1.807) is 54.6 Å². The van der Waals surface area contributed by atoms with Crippen LogP contribution in [0.25, 0.3) is 134 Å². The fourth-order valence-electron chi connectivity index (χ4n) is 17.6. The Morgan fingerprint density at radius 2 is 0.356 bits per heavy atom. The second kappa shape index (κ2) is 38.5. The SMILES string of the molecule is COC(=O)c1cc(C(=C(C#N)C#N)C(=C(C#N)C#N)c2cc(-c3cc(-c4cc(C(=C(C#N)C#N)C(=C(C#N)C#N)c5cc(C(=O)OC)c6cc(C(C)C)cccc5-6)c5cc(C(C)C)cccc4-5)cc(-c4cc(C(=C(C#N)C#N)C(=C(C#N)C#N)c5cc(C(=O)OC)c6cc(C(C)C)cccc5-6)c5cc(C(C)C)cccc4-5)c3)c3cccc(C(C)C)cc2-3)c2cccc(C(C)C)cc1-2. The maximum atomic E-state index is 14.3. The minimum Gasteiger partial charge on any atom is -0.465 e. The lowest BCUT2D eigenvalue weighted by atomic mass is 9.84. The van der Waals surface area contributed by atoms with E-state index >= 15 is 0 Å². The predicted octanol–water partition coefficient (Wildman–Crippen LogP) is 26.3. The van der Waals surface area contributed by atoms with Crippen molar-refractivity contribution in [1.29, 1.82) is 63.1 Å². The molecule has 0 saturated carbocycles. The second-order valence-electron chi connectivity index (χ2n) is 33.9. The van der Waals surface area contributed by atoms with Crippen LogP contribution in [0.3, 0.4) is 0 Å². The molecule has 0 amide bonds. The van der Waals surface area contributed by atoms with Gasteiger partial charge in [0, 0.05) is 33.4 Å². The van der Waals surface area contributed by atoms with Crippen molar-refractivity contribution in [3.63, 3.8) is 0 Å². The zero-order chi connectivity index (χ0) is 95.1. The van der Waals surface area contributed by atoms with Crippen molar-refractivity contribution in [3.05, 3.63) is 317 Å². The summed E-state index contributed by atoms with van der Waals surface area (Å²) in [6, 6.07) is 85.5. The van der Waals surface area contributed by atoms with Crippen molar-refractivity contribution < 1.29 is 28.6 Å². The topological polar surface area (TPSA) is 364 Å². The summed E-state index contributed by atoms with van der Waals surface area (Å²) in [4.78, 5) is 42.9. The van der Waals surface area contributed by atoms with Crippen LogP contribution in [0.2, 0.25) is 0 Å². The van der Waals surface area contributed by atoms with Gasteiger partial charge in [0.15, 0.2) is 0 Å². The Kier molecular flexibility index (Phi) is 26.8. The first-order chi connectivity index (χ1) is 63.5. The molecule has 0 saturated heterocycles. The molecule has 12 aliphatic carbocycles. The summed E-state index contributed by atoms with van der Waals surface area (Å²) in [6.45, 7) is 23.8. The Bertz CT molecular complexity index is 6810. The predicted molar refractivity (Wildman–Crippen MR) is 509 cm³/mol. The molecule has 0 spiro atoms. The number of fused-ring (bicyclic) bond motifs is 6. The Hall–Kier alpha value is -17.9. The highest BCUT2D eigenvalue weighted by atomic mass is 16.5. The molecule has 0 aromatic heterocycles. The molecule has 0 radical (unpaired) electrons. The minimum absolute atomic E-state index is 0.0651. The van der Waals surface area contributed by atoms with Crippen LogP contribution in [0.15, 0.2) is 234 Å². The van der Waals surface area contributed by atoms with Gasteiger partial charge in [0.05, 0.1) is 38.0 Å². The van der Waals surface area contributed by atoms with Crippen LogP contribution in [0.5, 0.6) is 0 Å². The van der Waals surface area contributed by atoms with Crippen molar-refractivity contribution in [2.24, 2.45) is 0 Å². The summed E-state index contributed by atoms with van der Waals surface area (Å²) >= 11 is 0. The molecule has 18 nitrogen and oxygen atoms in total. The molecule has 18 heteroatoms. The first kappa shape index (κ1) is 91.8. The smallest absolute Gasteiger partial charge is 0.338 e. The van der Waals surface area contributed by atoms with E-state index in [9.17, 15) is 77.5 Å². The molecule has 13 rings (SSSR count). The van der Waals surface area contributed by atoms with Crippen LogP contribution >= 0.6 is 0 Å². The number of hydrogen-bond donors (Lipinski definition) is 0. The number of carbonyl (C=O) groups is 3. The molecule has 1 aromatic carbocycles. The van der Waals surface area contributed by atoms with Crippen molar-refractivity contribution in [2.75, 3.05) is 21.3 Å². The van der Waals surface area contributed by atoms with Gasteiger partial charge in [-0.05, 0) is 257 Å². The largest absolute Gasteiger partial charge is 0.465 e. The highest BCUT2D eigenvalue weighted by Gasteiger charge is 2.38. The summed E-state index contributed by atoms with van der Waals surface area (Å²) in [7, 11) is 3.69. The van der Waals surface area contributed by atoms with Crippen LogP contribution in [0.1, 0.15) is 216 Å². The van der Waals surface area contributed by atoms with Gasteiger partial charge in [0.25, 0.3) is 0 Å². The molecule has 1 aromatic rings. The van der Waals surface area contributed by atoms with Gasteiger partial charge < -0.3 is 14.2 Å². The summed E-state index contributed by atoms with van der Waals surface area (Å²) in [5, 5.41) is 139. The van der Waals surface area contributed by atoms with E-state index in [4.69, 9.17) is 14.2 Å². The number of allylic oxidation sites excluding steroid dienone is 12. The molecule has 0 heterocycles. The summed E-state index contributed by atoms with van der Waals surface area (Å²) in [5.41, 5.74) is 9.40. The lowest BCUT2D eigenvalue weighted by molar-refractivity contribution is 0.0593. The van der Waals surface area contributed by atoms with E-state index in [0.29, 0.717) is 100 Å². The Balaban J connectivity index is 1.24. The fourth-order valence-corrected chi connectivity index (χ4v) is 17.6. The van der Waals surface area contributed by atoms with E-state index in [-0.39, 0.29) is 119 Å². The van der Waals surface area contributed by atoms with Gasteiger partial charge in [-0.1, -0.05) is 229 Å². The van der Waals surface area contributed by atoms with Gasteiger partial charge in [0.2, 0.25) is 0 Å². The third-order valence-electron chi connectivity index (χ3n) is 24.4. The summed E-state index contributed by atoms with van der Waals surface area (Å²) in [6.07, 6.45) is 0. The van der Waals surface area contributed by atoms with E-state index < -0.39 is 51.3 Å². The fraction of sp³-hybridized carbons (Fsp3) is 0.184. The Labute approximate surface area is 768 Å². The number of nitrogens with zero attached hydrogens (tertiary/aromatic N) is 12. The van der Waals surface area contributed by atoms with Crippen LogP contribution in [-0.4, -0.2) is 39.2 Å². The molecule has 636 valence electrons. The molecule has 0 aliphatic heterocycles. The molecule has 0 unspecified atom stereocenters. The van der Waals surface area contributed by atoms with Crippen molar-refractivity contribution >= 4 is 51.3 Å². The van der Waals surface area contributed by atoms with Crippen LogP contribution in [0.4, 0.5) is 0 Å². The Morgan fingerprint density at radius 3 is 0.515 bits per heavy atom. The highest BCUT2D eigenvalue weighted by Crippen LogP contribution is 2.57. The van der Waals surface area contributed by atoms with Crippen LogP contribution in [0, 0.1) is 136 Å². The standard InChI is InChI=1S/C114H84N12O6/c1-61(2)67-22-16-28-82-88(43-100(91(82)37-67)109(79(55-121)56-122)106(76(49-115)50-116)97-46-103(112(127)130-13)94-40-70(64(7)8)25-19-31-85(94)97)73-34-74(89-44-101(92-38-68(62(3)4)23-17-29-83(89)92)110(80(57-123)58-124)107(77(51-117)52-118)98-47-104(113(128)131-14)95-41-71(65(9)10)26-20-32-86(95)98)36-75(35-73)90-45-102(93-39-69(63(5)6)24-18-30-84(90)93)111(81(59-125)60-126)108(78(53-119)54-120)99-48-105(114(129)132-15)96-42-72(66(11)12)27-21-33-87(96)99/h16-48,61-66H,1-15H3. The molecule has 12 aliphatic rings. The first-order valence-corrected chi connectivity index (χ1v) is 42.7. The molecule has 0 fully saturated rings. The summed E-state index contributed by atoms with van der Waals surface area (Å²) < 4.78 is 16.3. The average Bonchev–Trinajstić information content (AvgIpc) is 1.34. The van der Waals surface area contributed by atoms with Gasteiger partial charge in [-0.2, -0.15) is 63.1 Å². The second-order valence-corrected chi connectivity index (χ2v) is 33.9. The van der Waals surface area contributed by atoms with Gasteiger partial charge in [-0.25, -0.2) is 14.4 Å².